The normalized spacial score (nSPS) is 9.85. The first-order chi connectivity index (χ1) is 6.38. The first kappa shape index (κ1) is 7.73. The lowest BCUT2D eigenvalue weighted by molar-refractivity contribution is 0.513. The van der Waals surface area contributed by atoms with E-state index in [0.717, 1.165) is 5.56 Å². The van der Waals surface area contributed by atoms with Gasteiger partial charge in [0, 0.05) is 18.0 Å². The first-order valence-electron chi connectivity index (χ1n) is 3.86. The predicted molar refractivity (Wildman–Crippen MR) is 48.2 cm³/mol. The smallest absolute Gasteiger partial charge is 0.343 e. The summed E-state index contributed by atoms with van der Waals surface area (Å²) in [7, 11) is 0. The van der Waals surface area contributed by atoms with Crippen molar-refractivity contribution in [1.29, 1.82) is 0 Å². The van der Waals surface area contributed by atoms with Crippen molar-refractivity contribution >= 4 is 0 Å². The highest BCUT2D eigenvalue weighted by Crippen LogP contribution is 2.11. The van der Waals surface area contributed by atoms with Crippen LogP contribution in [0.5, 0.6) is 0 Å². The molecule has 0 aliphatic rings. The molecule has 0 radical (unpaired) electrons. The third-order valence-electron chi connectivity index (χ3n) is 1.71. The standard InChI is InChI=1S/C10H7NO2/c12-10-9(4-2-6-13-10)8-3-1-5-11-7-8/h1-7H. The van der Waals surface area contributed by atoms with Crippen LogP contribution in [0.2, 0.25) is 0 Å². The zero-order chi connectivity index (χ0) is 9.10. The van der Waals surface area contributed by atoms with Crippen LogP contribution in [0.3, 0.4) is 0 Å². The van der Waals surface area contributed by atoms with Crippen molar-refractivity contribution < 1.29 is 4.42 Å². The Kier molecular flexibility index (Phi) is 1.92. The molecule has 2 aromatic rings. The summed E-state index contributed by atoms with van der Waals surface area (Å²) >= 11 is 0. The van der Waals surface area contributed by atoms with Crippen LogP contribution in [0.1, 0.15) is 0 Å². The molecular weight excluding hydrogens is 166 g/mol. The van der Waals surface area contributed by atoms with Crippen molar-refractivity contribution in [3.05, 3.63) is 53.3 Å². The van der Waals surface area contributed by atoms with Crippen LogP contribution < -0.4 is 5.63 Å². The molecule has 64 valence electrons. The summed E-state index contributed by atoms with van der Waals surface area (Å²) in [5, 5.41) is 0. The van der Waals surface area contributed by atoms with Gasteiger partial charge in [-0.3, -0.25) is 4.98 Å². The Balaban J connectivity index is 2.60. The number of hydrogen-bond donors (Lipinski definition) is 0. The molecule has 0 aromatic carbocycles. The summed E-state index contributed by atoms with van der Waals surface area (Å²) in [6.07, 6.45) is 4.66. The van der Waals surface area contributed by atoms with E-state index in [9.17, 15) is 4.79 Å². The number of pyridine rings is 1. The minimum absolute atomic E-state index is 0.337. The molecule has 2 rings (SSSR count). The number of aromatic nitrogens is 1. The van der Waals surface area contributed by atoms with E-state index in [-0.39, 0.29) is 5.63 Å². The molecule has 0 saturated carbocycles. The molecule has 0 aliphatic carbocycles. The van der Waals surface area contributed by atoms with Gasteiger partial charge >= 0.3 is 5.63 Å². The van der Waals surface area contributed by atoms with Crippen molar-refractivity contribution in [1.82, 2.24) is 4.98 Å². The molecule has 13 heavy (non-hydrogen) atoms. The lowest BCUT2D eigenvalue weighted by Crippen LogP contribution is -2.00. The Morgan fingerprint density at radius 1 is 1.23 bits per heavy atom. The molecule has 3 heteroatoms. The monoisotopic (exact) mass is 173 g/mol. The van der Waals surface area contributed by atoms with Crippen LogP contribution in [-0.2, 0) is 0 Å². The molecule has 0 fully saturated rings. The second kappa shape index (κ2) is 3.23. The molecule has 0 spiro atoms. The van der Waals surface area contributed by atoms with Crippen LogP contribution in [0.25, 0.3) is 11.1 Å². The molecule has 2 aromatic heterocycles. The predicted octanol–water partition coefficient (Wildman–Crippen LogP) is 1.70. The van der Waals surface area contributed by atoms with Crippen molar-refractivity contribution in [2.45, 2.75) is 0 Å². The van der Waals surface area contributed by atoms with E-state index < -0.39 is 0 Å². The topological polar surface area (TPSA) is 43.1 Å². The van der Waals surface area contributed by atoms with Crippen LogP contribution in [0.4, 0.5) is 0 Å². The minimum atomic E-state index is -0.337. The van der Waals surface area contributed by atoms with Crippen molar-refractivity contribution in [2.75, 3.05) is 0 Å². The summed E-state index contributed by atoms with van der Waals surface area (Å²) in [6.45, 7) is 0. The molecule has 0 aliphatic heterocycles. The zero-order valence-corrected chi connectivity index (χ0v) is 6.81. The van der Waals surface area contributed by atoms with Crippen molar-refractivity contribution in [3.63, 3.8) is 0 Å². The van der Waals surface area contributed by atoms with Gasteiger partial charge in [0.25, 0.3) is 0 Å². The summed E-state index contributed by atoms with van der Waals surface area (Å²) in [4.78, 5) is 15.1. The maximum absolute atomic E-state index is 11.2. The SMILES string of the molecule is O=c1occcc1-c1cccnc1. The van der Waals surface area contributed by atoms with Crippen molar-refractivity contribution in [2.24, 2.45) is 0 Å². The fourth-order valence-corrected chi connectivity index (χ4v) is 1.10. The summed E-state index contributed by atoms with van der Waals surface area (Å²) in [5.74, 6) is 0. The van der Waals surface area contributed by atoms with Crippen LogP contribution in [-0.4, -0.2) is 4.98 Å². The minimum Gasteiger partial charge on any atom is -0.431 e. The van der Waals surface area contributed by atoms with Gasteiger partial charge in [0.2, 0.25) is 0 Å². The second-order valence-electron chi connectivity index (χ2n) is 2.56. The van der Waals surface area contributed by atoms with Gasteiger partial charge in [0.1, 0.15) is 0 Å². The van der Waals surface area contributed by atoms with Crippen LogP contribution >= 0.6 is 0 Å². The van der Waals surface area contributed by atoms with E-state index >= 15 is 0 Å². The van der Waals surface area contributed by atoms with E-state index in [1.165, 1.54) is 6.26 Å². The number of hydrogen-bond acceptors (Lipinski definition) is 3. The lowest BCUT2D eigenvalue weighted by Gasteiger charge is -1.96. The van der Waals surface area contributed by atoms with Gasteiger partial charge in [0.15, 0.2) is 0 Å². The van der Waals surface area contributed by atoms with E-state index in [0.29, 0.717) is 5.56 Å². The molecule has 0 atom stereocenters. The van der Waals surface area contributed by atoms with Crippen molar-refractivity contribution in [3.8, 4) is 11.1 Å². The third kappa shape index (κ3) is 1.49. The molecule has 0 amide bonds. The van der Waals surface area contributed by atoms with E-state index in [4.69, 9.17) is 4.42 Å². The Labute approximate surface area is 74.7 Å². The maximum Gasteiger partial charge on any atom is 0.343 e. The average Bonchev–Trinajstić information content (AvgIpc) is 2.20. The van der Waals surface area contributed by atoms with Gasteiger partial charge in [0.05, 0.1) is 11.8 Å². The number of nitrogens with zero attached hydrogens (tertiary/aromatic N) is 1. The number of rotatable bonds is 1. The molecule has 0 bridgehead atoms. The van der Waals surface area contributed by atoms with E-state index in [2.05, 4.69) is 4.98 Å². The fraction of sp³-hybridized carbons (Fsp3) is 0. The molecule has 0 unspecified atom stereocenters. The van der Waals surface area contributed by atoms with Gasteiger partial charge in [-0.05, 0) is 18.2 Å². The molecule has 2 heterocycles. The lowest BCUT2D eigenvalue weighted by atomic mass is 10.1. The molecular formula is C10H7NO2. The maximum atomic E-state index is 11.2. The second-order valence-corrected chi connectivity index (χ2v) is 2.56. The van der Waals surface area contributed by atoms with Crippen LogP contribution in [0, 0.1) is 0 Å². The molecule has 0 N–H and O–H groups in total. The Hall–Kier alpha value is -1.90. The summed E-state index contributed by atoms with van der Waals surface area (Å²) < 4.78 is 4.73. The van der Waals surface area contributed by atoms with Gasteiger partial charge in [-0.1, -0.05) is 6.07 Å². The average molecular weight is 173 g/mol. The Morgan fingerprint density at radius 2 is 2.15 bits per heavy atom. The fourth-order valence-electron chi connectivity index (χ4n) is 1.10. The van der Waals surface area contributed by atoms with E-state index in [1.807, 2.05) is 6.07 Å². The highest BCUT2D eigenvalue weighted by Gasteiger charge is 2.01. The largest absolute Gasteiger partial charge is 0.431 e. The Bertz CT molecular complexity index is 448. The van der Waals surface area contributed by atoms with E-state index in [1.54, 1.807) is 30.6 Å². The Morgan fingerprint density at radius 3 is 2.85 bits per heavy atom. The van der Waals surface area contributed by atoms with Gasteiger partial charge < -0.3 is 4.42 Å². The highest BCUT2D eigenvalue weighted by molar-refractivity contribution is 5.59. The quantitative estimate of drug-likeness (QED) is 0.659. The summed E-state index contributed by atoms with van der Waals surface area (Å²) in [5.41, 5.74) is 0.975. The third-order valence-corrected chi connectivity index (χ3v) is 1.71. The zero-order valence-electron chi connectivity index (χ0n) is 6.81. The van der Waals surface area contributed by atoms with Crippen LogP contribution in [0.15, 0.2) is 52.1 Å². The summed E-state index contributed by atoms with van der Waals surface area (Å²) in [6, 6.07) is 6.99. The highest BCUT2D eigenvalue weighted by atomic mass is 16.4. The van der Waals surface area contributed by atoms with Gasteiger partial charge in [-0.25, -0.2) is 4.79 Å². The molecule has 3 nitrogen and oxygen atoms in total. The first-order valence-corrected chi connectivity index (χ1v) is 3.86. The van der Waals surface area contributed by atoms with Gasteiger partial charge in [-0.15, -0.1) is 0 Å². The van der Waals surface area contributed by atoms with Gasteiger partial charge in [-0.2, -0.15) is 0 Å². The molecule has 0 saturated heterocycles.